The lowest BCUT2D eigenvalue weighted by Gasteiger charge is -2.14. The molecule has 0 N–H and O–H groups in total. The first-order valence-electron chi connectivity index (χ1n) is 7.49. The molecule has 1 unspecified atom stereocenters. The Morgan fingerprint density at radius 1 is 1.17 bits per heavy atom. The summed E-state index contributed by atoms with van der Waals surface area (Å²) in [4.78, 5) is 30.1. The monoisotopic (exact) mass is 328 g/mol. The molecule has 5 heteroatoms. The van der Waals surface area contributed by atoms with Crippen LogP contribution in [0.25, 0.3) is 0 Å². The molecular formula is C18H17ClN2O2. The minimum Gasteiger partial charge on any atom is -0.274 e. The topological polar surface area (TPSA) is 50.3 Å². The SMILES string of the molecule is Cc1cc(C)cc(CC2CC(=O)N(c3ccc(Cl)cn3)C2=O)c1. The van der Waals surface area contributed by atoms with Gasteiger partial charge in [-0.05, 0) is 38.0 Å². The summed E-state index contributed by atoms with van der Waals surface area (Å²) in [5.41, 5.74) is 3.40. The summed E-state index contributed by atoms with van der Waals surface area (Å²) in [6, 6.07) is 9.44. The van der Waals surface area contributed by atoms with Gasteiger partial charge >= 0.3 is 0 Å². The zero-order valence-corrected chi connectivity index (χ0v) is 13.8. The highest BCUT2D eigenvalue weighted by Gasteiger charge is 2.40. The summed E-state index contributed by atoms with van der Waals surface area (Å²) in [5.74, 6) is -0.392. The van der Waals surface area contributed by atoms with Gasteiger partial charge in [0.25, 0.3) is 0 Å². The molecule has 3 rings (SSSR count). The molecule has 2 heterocycles. The van der Waals surface area contributed by atoms with Gasteiger partial charge in [0, 0.05) is 12.6 Å². The molecule has 1 aliphatic rings. The van der Waals surface area contributed by atoms with Crippen LogP contribution < -0.4 is 4.90 Å². The molecule has 1 aliphatic heterocycles. The molecule has 1 aromatic heterocycles. The maximum atomic E-state index is 12.6. The molecule has 0 aliphatic carbocycles. The molecule has 1 fully saturated rings. The first kappa shape index (κ1) is 15.7. The standard InChI is InChI=1S/C18H17ClN2O2/c1-11-5-12(2)7-13(6-11)8-14-9-17(22)21(18(14)23)16-4-3-15(19)10-20-16/h3-7,10,14H,8-9H2,1-2H3. The fourth-order valence-electron chi connectivity index (χ4n) is 3.07. The second-order valence-corrected chi connectivity index (χ2v) is 6.44. The fraction of sp³-hybridized carbons (Fsp3) is 0.278. The Bertz CT molecular complexity index is 751. The third-order valence-corrected chi connectivity index (χ3v) is 4.17. The van der Waals surface area contributed by atoms with Crippen LogP contribution in [0.4, 0.5) is 5.82 Å². The molecule has 2 aromatic rings. The van der Waals surface area contributed by atoms with E-state index in [1.807, 2.05) is 13.8 Å². The minimum atomic E-state index is -0.332. The Hall–Kier alpha value is -2.20. The van der Waals surface area contributed by atoms with Crippen molar-refractivity contribution in [3.05, 3.63) is 58.2 Å². The van der Waals surface area contributed by atoms with Gasteiger partial charge in [-0.15, -0.1) is 0 Å². The average molecular weight is 329 g/mol. The third-order valence-electron chi connectivity index (χ3n) is 3.94. The van der Waals surface area contributed by atoms with E-state index in [0.717, 1.165) is 16.7 Å². The molecule has 1 aromatic carbocycles. The number of hydrogen-bond donors (Lipinski definition) is 0. The third kappa shape index (κ3) is 3.27. The van der Waals surface area contributed by atoms with Crippen molar-refractivity contribution in [1.29, 1.82) is 0 Å². The van der Waals surface area contributed by atoms with Gasteiger partial charge in [0.2, 0.25) is 11.8 Å². The molecule has 0 spiro atoms. The van der Waals surface area contributed by atoms with E-state index in [4.69, 9.17) is 11.6 Å². The summed E-state index contributed by atoms with van der Waals surface area (Å²) in [6.07, 6.45) is 2.22. The first-order chi connectivity index (χ1) is 10.9. The van der Waals surface area contributed by atoms with E-state index in [-0.39, 0.29) is 24.2 Å². The van der Waals surface area contributed by atoms with Crippen LogP contribution in [0.1, 0.15) is 23.1 Å². The van der Waals surface area contributed by atoms with Crippen molar-refractivity contribution < 1.29 is 9.59 Å². The quantitative estimate of drug-likeness (QED) is 0.811. The van der Waals surface area contributed by atoms with Gasteiger partial charge in [-0.25, -0.2) is 9.88 Å². The summed E-state index contributed by atoms with van der Waals surface area (Å²) in [7, 11) is 0. The molecule has 4 nitrogen and oxygen atoms in total. The zero-order valence-electron chi connectivity index (χ0n) is 13.0. The summed E-state index contributed by atoms with van der Waals surface area (Å²) in [6.45, 7) is 4.06. The van der Waals surface area contributed by atoms with Crippen molar-refractivity contribution in [3.63, 3.8) is 0 Å². The van der Waals surface area contributed by atoms with Gasteiger partial charge in [-0.1, -0.05) is 40.9 Å². The number of pyridine rings is 1. The van der Waals surface area contributed by atoms with Crippen LogP contribution >= 0.6 is 11.6 Å². The van der Waals surface area contributed by atoms with Crippen LogP contribution in [-0.4, -0.2) is 16.8 Å². The van der Waals surface area contributed by atoms with Crippen molar-refractivity contribution in [2.45, 2.75) is 26.7 Å². The predicted octanol–water partition coefficient (Wildman–Crippen LogP) is 3.47. The maximum Gasteiger partial charge on any atom is 0.238 e. The molecule has 0 saturated carbocycles. The van der Waals surface area contributed by atoms with Gasteiger partial charge in [0.1, 0.15) is 5.82 Å². The molecule has 118 valence electrons. The number of aryl methyl sites for hydroxylation is 2. The highest BCUT2D eigenvalue weighted by Crippen LogP contribution is 2.28. The van der Waals surface area contributed by atoms with Crippen LogP contribution in [0.2, 0.25) is 5.02 Å². The summed E-state index contributed by atoms with van der Waals surface area (Å²) < 4.78 is 0. The number of halogens is 1. The molecule has 1 atom stereocenters. The van der Waals surface area contributed by atoms with Crippen LogP contribution in [0.3, 0.4) is 0 Å². The van der Waals surface area contributed by atoms with E-state index >= 15 is 0 Å². The summed E-state index contributed by atoms with van der Waals surface area (Å²) in [5, 5.41) is 0.472. The molecule has 23 heavy (non-hydrogen) atoms. The van der Waals surface area contributed by atoms with E-state index in [9.17, 15) is 9.59 Å². The summed E-state index contributed by atoms with van der Waals surface area (Å²) >= 11 is 5.81. The molecular weight excluding hydrogens is 312 g/mol. The molecule has 0 bridgehead atoms. The van der Waals surface area contributed by atoms with Crippen LogP contribution in [0.15, 0.2) is 36.5 Å². The molecule has 0 radical (unpaired) electrons. The number of carbonyl (C=O) groups is 2. The van der Waals surface area contributed by atoms with Crippen LogP contribution in [0.5, 0.6) is 0 Å². The normalized spacial score (nSPS) is 17.9. The van der Waals surface area contributed by atoms with Gasteiger partial charge < -0.3 is 0 Å². The van der Waals surface area contributed by atoms with Crippen molar-refractivity contribution in [1.82, 2.24) is 4.98 Å². The number of hydrogen-bond acceptors (Lipinski definition) is 3. The lowest BCUT2D eigenvalue weighted by atomic mass is 9.95. The number of rotatable bonds is 3. The van der Waals surface area contributed by atoms with E-state index in [1.165, 1.54) is 11.1 Å². The predicted molar refractivity (Wildman–Crippen MR) is 89.5 cm³/mol. The zero-order chi connectivity index (χ0) is 16.6. The Kier molecular flexibility index (Phi) is 4.18. The number of amides is 2. The highest BCUT2D eigenvalue weighted by molar-refractivity contribution is 6.30. The Morgan fingerprint density at radius 3 is 2.48 bits per heavy atom. The highest BCUT2D eigenvalue weighted by atomic mass is 35.5. The van der Waals surface area contributed by atoms with Crippen molar-refractivity contribution in [2.75, 3.05) is 4.90 Å². The Balaban J connectivity index is 1.82. The second-order valence-electron chi connectivity index (χ2n) is 6.00. The van der Waals surface area contributed by atoms with E-state index in [2.05, 4.69) is 23.2 Å². The first-order valence-corrected chi connectivity index (χ1v) is 7.87. The van der Waals surface area contributed by atoms with Crippen molar-refractivity contribution in [3.8, 4) is 0 Å². The van der Waals surface area contributed by atoms with Crippen molar-refractivity contribution >= 4 is 29.2 Å². The van der Waals surface area contributed by atoms with Gasteiger partial charge in [0.15, 0.2) is 0 Å². The van der Waals surface area contributed by atoms with E-state index in [0.29, 0.717) is 17.3 Å². The number of imide groups is 1. The number of nitrogens with zero attached hydrogens (tertiary/aromatic N) is 2. The minimum absolute atomic E-state index is 0.191. The molecule has 2 amide bonds. The second kappa shape index (κ2) is 6.13. The number of benzene rings is 1. The van der Waals surface area contributed by atoms with Crippen LogP contribution in [0, 0.1) is 19.8 Å². The Labute approximate surface area is 140 Å². The smallest absolute Gasteiger partial charge is 0.238 e. The molecule has 1 saturated heterocycles. The number of aromatic nitrogens is 1. The van der Waals surface area contributed by atoms with E-state index in [1.54, 1.807) is 12.1 Å². The largest absolute Gasteiger partial charge is 0.274 e. The average Bonchev–Trinajstić information content (AvgIpc) is 2.74. The Morgan fingerprint density at radius 2 is 1.87 bits per heavy atom. The van der Waals surface area contributed by atoms with Crippen molar-refractivity contribution in [2.24, 2.45) is 5.92 Å². The lowest BCUT2D eigenvalue weighted by molar-refractivity contribution is -0.122. The lowest BCUT2D eigenvalue weighted by Crippen LogP contribution is -2.31. The van der Waals surface area contributed by atoms with Gasteiger partial charge in [0.05, 0.1) is 10.9 Å². The number of carbonyl (C=O) groups excluding carboxylic acids is 2. The van der Waals surface area contributed by atoms with Gasteiger partial charge in [-0.3, -0.25) is 9.59 Å². The van der Waals surface area contributed by atoms with Crippen LogP contribution in [-0.2, 0) is 16.0 Å². The fourth-order valence-corrected chi connectivity index (χ4v) is 3.18. The number of anilines is 1. The van der Waals surface area contributed by atoms with Gasteiger partial charge in [-0.2, -0.15) is 0 Å². The van der Waals surface area contributed by atoms with E-state index < -0.39 is 0 Å². The maximum absolute atomic E-state index is 12.6.